The number of hydrogen-bond donors (Lipinski definition) is 3. The van der Waals surface area contributed by atoms with Crippen molar-refractivity contribution in [3.05, 3.63) is 35.9 Å². The summed E-state index contributed by atoms with van der Waals surface area (Å²) in [4.78, 5) is 18.7. The topological polar surface area (TPSA) is 68.8 Å². The third-order valence-electron chi connectivity index (χ3n) is 4.43. The van der Waals surface area contributed by atoms with Crippen molar-refractivity contribution in [3.8, 4) is 0 Å². The summed E-state index contributed by atoms with van der Waals surface area (Å²) in [6, 6.07) is 11.4. The normalized spacial score (nSPS) is 21.5. The van der Waals surface area contributed by atoms with E-state index >= 15 is 0 Å². The van der Waals surface area contributed by atoms with Gasteiger partial charge in [-0.25, -0.2) is 0 Å². The minimum atomic E-state index is -0.228. The summed E-state index contributed by atoms with van der Waals surface area (Å²) in [5, 5.41) is 9.49. The first-order valence-electron chi connectivity index (χ1n) is 9.33. The Kier molecular flexibility index (Phi) is 7.03. The quantitative estimate of drug-likeness (QED) is 0.553. The number of amides is 1. The molecule has 1 aliphatic heterocycles. The fraction of sp³-hybridized carbons (Fsp3) is 0.600. The van der Waals surface area contributed by atoms with Crippen LogP contribution in [0.5, 0.6) is 0 Å². The number of guanidine groups is 1. The molecule has 6 nitrogen and oxygen atoms in total. The van der Waals surface area contributed by atoms with E-state index in [4.69, 9.17) is 0 Å². The second kappa shape index (κ2) is 9.03. The summed E-state index contributed by atoms with van der Waals surface area (Å²) in [5.74, 6) is 0.638. The highest BCUT2D eigenvalue weighted by Gasteiger charge is 2.29. The molecular formula is C20H33N5O. The first-order chi connectivity index (χ1) is 12.3. The van der Waals surface area contributed by atoms with Crippen LogP contribution in [-0.2, 0) is 11.3 Å². The third-order valence-corrected chi connectivity index (χ3v) is 4.43. The second-order valence-electron chi connectivity index (χ2n) is 8.06. The molecule has 0 saturated carbocycles. The molecular weight excluding hydrogens is 326 g/mol. The van der Waals surface area contributed by atoms with Gasteiger partial charge in [-0.1, -0.05) is 30.3 Å². The summed E-state index contributed by atoms with van der Waals surface area (Å²) < 4.78 is 0. The van der Waals surface area contributed by atoms with Crippen LogP contribution < -0.4 is 16.0 Å². The molecule has 3 N–H and O–H groups in total. The fourth-order valence-electron chi connectivity index (χ4n) is 3.26. The predicted octanol–water partition coefficient (Wildman–Crippen LogP) is 1.73. The Hall–Kier alpha value is -2.08. The van der Waals surface area contributed by atoms with Gasteiger partial charge in [-0.15, -0.1) is 0 Å². The molecule has 1 aliphatic rings. The van der Waals surface area contributed by atoms with E-state index in [-0.39, 0.29) is 18.0 Å². The number of nitrogens with one attached hydrogen (secondary N) is 3. The Balaban J connectivity index is 1.80. The largest absolute Gasteiger partial charge is 0.352 e. The van der Waals surface area contributed by atoms with Crippen molar-refractivity contribution in [2.45, 2.75) is 58.3 Å². The van der Waals surface area contributed by atoms with E-state index in [2.05, 4.69) is 57.0 Å². The lowest BCUT2D eigenvalue weighted by Gasteiger charge is -2.22. The SMILES string of the molecule is CN=C(NCC(=O)NC(C)(C)C)NC1CC(C)N(Cc2ccccc2)C1. The summed E-state index contributed by atoms with van der Waals surface area (Å²) in [6.07, 6.45) is 1.06. The molecule has 2 rings (SSSR count). The van der Waals surface area contributed by atoms with E-state index in [0.29, 0.717) is 18.0 Å². The first-order valence-corrected chi connectivity index (χ1v) is 9.33. The van der Waals surface area contributed by atoms with Crippen LogP contribution in [0.1, 0.15) is 39.7 Å². The fourth-order valence-corrected chi connectivity index (χ4v) is 3.26. The van der Waals surface area contributed by atoms with Gasteiger partial charge in [0.1, 0.15) is 0 Å². The smallest absolute Gasteiger partial charge is 0.239 e. The van der Waals surface area contributed by atoms with Crippen molar-refractivity contribution in [1.29, 1.82) is 0 Å². The van der Waals surface area contributed by atoms with Gasteiger partial charge in [0.15, 0.2) is 5.96 Å². The number of likely N-dealkylation sites (tertiary alicyclic amines) is 1. The van der Waals surface area contributed by atoms with Crippen LogP contribution in [0.2, 0.25) is 0 Å². The molecule has 1 fully saturated rings. The Morgan fingerprint density at radius 2 is 1.96 bits per heavy atom. The van der Waals surface area contributed by atoms with Gasteiger partial charge in [0.25, 0.3) is 0 Å². The molecule has 2 unspecified atom stereocenters. The van der Waals surface area contributed by atoms with E-state index < -0.39 is 0 Å². The van der Waals surface area contributed by atoms with Crippen molar-refractivity contribution < 1.29 is 4.79 Å². The van der Waals surface area contributed by atoms with Gasteiger partial charge in [0.05, 0.1) is 6.54 Å². The lowest BCUT2D eigenvalue weighted by Crippen LogP contribution is -2.50. The Morgan fingerprint density at radius 3 is 2.58 bits per heavy atom. The van der Waals surface area contributed by atoms with E-state index in [9.17, 15) is 4.79 Å². The maximum absolute atomic E-state index is 12.0. The van der Waals surface area contributed by atoms with Crippen molar-refractivity contribution in [3.63, 3.8) is 0 Å². The number of nitrogens with zero attached hydrogens (tertiary/aromatic N) is 2. The molecule has 1 amide bonds. The van der Waals surface area contributed by atoms with Gasteiger partial charge in [-0.05, 0) is 39.7 Å². The molecule has 0 aliphatic carbocycles. The number of benzene rings is 1. The number of carbonyl (C=O) groups is 1. The minimum Gasteiger partial charge on any atom is -0.352 e. The molecule has 0 bridgehead atoms. The zero-order chi connectivity index (χ0) is 19.2. The van der Waals surface area contributed by atoms with E-state index in [1.165, 1.54) is 5.56 Å². The van der Waals surface area contributed by atoms with Crippen molar-refractivity contribution in [2.75, 3.05) is 20.1 Å². The van der Waals surface area contributed by atoms with Crippen LogP contribution in [0.4, 0.5) is 0 Å². The molecule has 1 saturated heterocycles. The van der Waals surface area contributed by atoms with Crippen LogP contribution in [0.25, 0.3) is 0 Å². The summed E-state index contributed by atoms with van der Waals surface area (Å²) in [7, 11) is 1.73. The van der Waals surface area contributed by atoms with Gasteiger partial charge in [-0.2, -0.15) is 0 Å². The average molecular weight is 360 g/mol. The molecule has 0 radical (unpaired) electrons. The molecule has 1 heterocycles. The van der Waals surface area contributed by atoms with Crippen molar-refractivity contribution >= 4 is 11.9 Å². The molecule has 6 heteroatoms. The van der Waals surface area contributed by atoms with Gasteiger partial charge in [0, 0.05) is 37.8 Å². The van der Waals surface area contributed by atoms with E-state index in [0.717, 1.165) is 19.5 Å². The van der Waals surface area contributed by atoms with Gasteiger partial charge < -0.3 is 16.0 Å². The molecule has 144 valence electrons. The van der Waals surface area contributed by atoms with Crippen LogP contribution in [-0.4, -0.2) is 54.5 Å². The number of carbonyl (C=O) groups excluding carboxylic acids is 1. The lowest BCUT2D eigenvalue weighted by molar-refractivity contribution is -0.121. The Bertz CT molecular complexity index is 608. The molecule has 0 spiro atoms. The summed E-state index contributed by atoms with van der Waals surface area (Å²) in [6.45, 7) is 10.3. The lowest BCUT2D eigenvalue weighted by atomic mass is 10.1. The minimum absolute atomic E-state index is 0.0362. The number of aliphatic imine (C=N–C) groups is 1. The van der Waals surface area contributed by atoms with Crippen LogP contribution in [0, 0.1) is 0 Å². The molecule has 1 aromatic carbocycles. The highest BCUT2D eigenvalue weighted by molar-refractivity contribution is 5.86. The molecule has 0 aromatic heterocycles. The van der Waals surface area contributed by atoms with Gasteiger partial charge >= 0.3 is 0 Å². The standard InChI is InChI=1S/C20H33N5O/c1-15-11-17(14-25(15)13-16-9-7-6-8-10-16)23-19(21-5)22-12-18(26)24-20(2,3)4/h6-10,15,17H,11-14H2,1-5H3,(H,24,26)(H2,21,22,23). The number of hydrogen-bond acceptors (Lipinski definition) is 3. The average Bonchev–Trinajstić information content (AvgIpc) is 2.90. The Morgan fingerprint density at radius 1 is 1.27 bits per heavy atom. The summed E-state index contributed by atoms with van der Waals surface area (Å²) >= 11 is 0. The first kappa shape index (κ1) is 20.2. The van der Waals surface area contributed by atoms with E-state index in [1.54, 1.807) is 7.05 Å². The highest BCUT2D eigenvalue weighted by Crippen LogP contribution is 2.20. The zero-order valence-electron chi connectivity index (χ0n) is 16.7. The highest BCUT2D eigenvalue weighted by atomic mass is 16.2. The Labute approximate surface area is 157 Å². The monoisotopic (exact) mass is 359 g/mol. The van der Waals surface area contributed by atoms with Crippen LogP contribution in [0.3, 0.4) is 0 Å². The molecule has 2 atom stereocenters. The second-order valence-corrected chi connectivity index (χ2v) is 8.06. The van der Waals surface area contributed by atoms with Crippen molar-refractivity contribution in [2.24, 2.45) is 4.99 Å². The maximum Gasteiger partial charge on any atom is 0.239 e. The van der Waals surface area contributed by atoms with Gasteiger partial charge in [0.2, 0.25) is 5.91 Å². The molecule has 1 aromatic rings. The number of rotatable bonds is 5. The van der Waals surface area contributed by atoms with Crippen LogP contribution in [0.15, 0.2) is 35.3 Å². The zero-order valence-corrected chi connectivity index (χ0v) is 16.7. The predicted molar refractivity (Wildman–Crippen MR) is 107 cm³/mol. The van der Waals surface area contributed by atoms with Gasteiger partial charge in [-0.3, -0.25) is 14.7 Å². The van der Waals surface area contributed by atoms with Crippen molar-refractivity contribution in [1.82, 2.24) is 20.9 Å². The summed E-state index contributed by atoms with van der Waals surface area (Å²) in [5.41, 5.74) is 1.11. The third kappa shape index (κ3) is 6.67. The maximum atomic E-state index is 12.0. The van der Waals surface area contributed by atoms with Crippen LogP contribution >= 0.6 is 0 Å². The molecule has 26 heavy (non-hydrogen) atoms. The van der Waals surface area contributed by atoms with E-state index in [1.807, 2.05) is 26.8 Å².